The molecule has 0 aromatic heterocycles. The third-order valence-electron chi connectivity index (χ3n) is 7.77. The molecule has 3 amide bonds. The fourth-order valence-corrected chi connectivity index (χ4v) is 5.77. The van der Waals surface area contributed by atoms with Crippen LogP contribution in [0.25, 0.3) is 0 Å². The molecule has 1 aromatic carbocycles. The van der Waals surface area contributed by atoms with Crippen LogP contribution in [0.2, 0.25) is 0 Å². The topological polar surface area (TPSA) is 106 Å². The summed E-state index contributed by atoms with van der Waals surface area (Å²) >= 11 is 0. The molecular weight excluding hydrogens is 493 g/mol. The first-order valence-corrected chi connectivity index (χ1v) is 13.2. The Labute approximate surface area is 221 Å². The van der Waals surface area contributed by atoms with Crippen LogP contribution in [0, 0.1) is 11.7 Å². The van der Waals surface area contributed by atoms with Crippen molar-refractivity contribution in [1.29, 1.82) is 0 Å². The Hall–Kier alpha value is -3.63. The fraction of sp³-hybridized carbons (Fsp3) is 0.556. The molecule has 2 bridgehead atoms. The van der Waals surface area contributed by atoms with Crippen LogP contribution in [0.4, 0.5) is 4.39 Å². The highest BCUT2D eigenvalue weighted by molar-refractivity contribution is 6.42. The van der Waals surface area contributed by atoms with E-state index in [2.05, 4.69) is 5.10 Å². The molecule has 2 unspecified atom stereocenters. The van der Waals surface area contributed by atoms with Gasteiger partial charge in [-0.05, 0) is 46.1 Å². The summed E-state index contributed by atoms with van der Waals surface area (Å²) < 4.78 is 19.9. The minimum Gasteiger partial charge on any atom is -0.509 e. The smallest absolute Gasteiger partial charge is 0.273 e. The minimum atomic E-state index is -1.16. The van der Waals surface area contributed by atoms with E-state index in [1.807, 2.05) is 20.8 Å². The Bertz CT molecular complexity index is 1230. The number of fused-ring (bicyclic) bond motifs is 6. The summed E-state index contributed by atoms with van der Waals surface area (Å²) in [7, 11) is 1.69. The molecule has 0 spiro atoms. The molecule has 38 heavy (non-hydrogen) atoms. The lowest BCUT2D eigenvalue weighted by atomic mass is 9.91. The van der Waals surface area contributed by atoms with E-state index >= 15 is 0 Å². The number of rotatable bonds is 1. The maximum atomic E-state index is 14.0. The van der Waals surface area contributed by atoms with Crippen molar-refractivity contribution in [2.45, 2.75) is 64.7 Å². The van der Waals surface area contributed by atoms with E-state index in [9.17, 15) is 23.9 Å². The zero-order valence-corrected chi connectivity index (χ0v) is 22.2. The van der Waals surface area contributed by atoms with Crippen LogP contribution >= 0.6 is 0 Å². The number of benzene rings is 1. The second-order valence-electron chi connectivity index (χ2n) is 10.7. The van der Waals surface area contributed by atoms with E-state index in [0.717, 1.165) is 24.3 Å². The van der Waals surface area contributed by atoms with E-state index in [4.69, 9.17) is 4.74 Å². The number of carbonyl (C=O) groups is 3. The van der Waals surface area contributed by atoms with Crippen molar-refractivity contribution in [3.63, 3.8) is 0 Å². The molecule has 4 aliphatic rings. The molecule has 1 N–H and O–H groups in total. The van der Waals surface area contributed by atoms with Gasteiger partial charge in [-0.1, -0.05) is 6.07 Å². The first-order chi connectivity index (χ1) is 18.1. The largest absolute Gasteiger partial charge is 0.509 e. The molecule has 0 saturated carbocycles. The second-order valence-corrected chi connectivity index (χ2v) is 10.7. The maximum Gasteiger partial charge on any atom is 0.273 e. The summed E-state index contributed by atoms with van der Waals surface area (Å²) in [5.41, 5.74) is 0.671. The molecule has 0 radical (unpaired) electrons. The van der Waals surface area contributed by atoms with Gasteiger partial charge in [0.05, 0.1) is 19.2 Å². The fourth-order valence-electron chi connectivity index (χ4n) is 5.77. The third kappa shape index (κ3) is 4.27. The lowest BCUT2D eigenvalue weighted by molar-refractivity contribution is -0.140. The molecule has 10 nitrogen and oxygen atoms in total. The van der Waals surface area contributed by atoms with Gasteiger partial charge < -0.3 is 24.5 Å². The van der Waals surface area contributed by atoms with Crippen molar-refractivity contribution in [3.8, 4) is 5.75 Å². The summed E-state index contributed by atoms with van der Waals surface area (Å²) in [6.45, 7) is 6.85. The molecule has 204 valence electrons. The summed E-state index contributed by atoms with van der Waals surface area (Å²) in [5, 5.41) is 17.1. The zero-order chi connectivity index (χ0) is 27.3. The Morgan fingerprint density at radius 2 is 1.89 bits per heavy atom. The van der Waals surface area contributed by atoms with Gasteiger partial charge in [-0.3, -0.25) is 14.4 Å². The Balaban J connectivity index is 1.62. The molecule has 4 aliphatic heterocycles. The van der Waals surface area contributed by atoms with Crippen molar-refractivity contribution >= 4 is 23.4 Å². The number of ether oxygens (including phenoxy) is 1. The molecule has 0 aliphatic carbocycles. The molecule has 1 aromatic rings. The Kier molecular flexibility index (Phi) is 6.79. The summed E-state index contributed by atoms with van der Waals surface area (Å²) in [5.74, 6) is -2.92. The van der Waals surface area contributed by atoms with E-state index in [0.29, 0.717) is 31.0 Å². The van der Waals surface area contributed by atoms with Crippen LogP contribution in [-0.4, -0.2) is 93.1 Å². The van der Waals surface area contributed by atoms with Crippen molar-refractivity contribution in [1.82, 2.24) is 19.7 Å². The summed E-state index contributed by atoms with van der Waals surface area (Å²) in [6, 6.07) is 2.83. The van der Waals surface area contributed by atoms with Crippen LogP contribution < -0.4 is 4.74 Å². The lowest BCUT2D eigenvalue weighted by Gasteiger charge is -2.45. The average Bonchev–Trinajstić information content (AvgIpc) is 3.19. The SMILES string of the molecule is CC(C)N1C[C@H](C)N2C(=C(O)C3C(=O)N4Cc5ccc(F)cc5OCCCCCN(C)C(=O)C(=N4)C32)C1=O. The van der Waals surface area contributed by atoms with Gasteiger partial charge in [0.25, 0.3) is 17.7 Å². The van der Waals surface area contributed by atoms with Gasteiger partial charge in [-0.25, -0.2) is 9.40 Å². The van der Waals surface area contributed by atoms with Gasteiger partial charge in [-0.15, -0.1) is 0 Å². The first kappa shape index (κ1) is 26.0. The number of hydrazone groups is 1. The van der Waals surface area contributed by atoms with Gasteiger partial charge in [0, 0.05) is 43.9 Å². The van der Waals surface area contributed by atoms with E-state index < -0.39 is 23.7 Å². The highest BCUT2D eigenvalue weighted by Gasteiger charge is 2.58. The molecular formula is C27H34FN5O5. The van der Waals surface area contributed by atoms with Gasteiger partial charge in [0.1, 0.15) is 34.7 Å². The number of halogens is 1. The van der Waals surface area contributed by atoms with Gasteiger partial charge >= 0.3 is 0 Å². The number of hydrogen-bond acceptors (Lipinski definition) is 7. The molecule has 1 fully saturated rings. The molecule has 4 heterocycles. The normalized spacial score (nSPS) is 26.6. The number of hydrogen-bond donors (Lipinski definition) is 1. The van der Waals surface area contributed by atoms with E-state index in [1.165, 1.54) is 18.2 Å². The summed E-state index contributed by atoms with van der Waals surface area (Å²) in [6.07, 6.45) is 2.26. The Morgan fingerprint density at radius 3 is 2.63 bits per heavy atom. The van der Waals surface area contributed by atoms with Crippen LogP contribution in [-0.2, 0) is 20.9 Å². The average molecular weight is 528 g/mol. The van der Waals surface area contributed by atoms with Crippen LogP contribution in [0.3, 0.4) is 0 Å². The number of amides is 3. The van der Waals surface area contributed by atoms with Crippen molar-refractivity contribution in [3.05, 3.63) is 41.0 Å². The van der Waals surface area contributed by atoms with Gasteiger partial charge in [0.2, 0.25) is 0 Å². The molecule has 1 saturated heterocycles. The number of aliphatic hydroxyl groups excluding tert-OH is 1. The first-order valence-electron chi connectivity index (χ1n) is 13.2. The van der Waals surface area contributed by atoms with Gasteiger partial charge in [0.15, 0.2) is 0 Å². The second kappa shape index (κ2) is 9.92. The maximum absolute atomic E-state index is 14.0. The highest BCUT2D eigenvalue weighted by atomic mass is 19.1. The van der Waals surface area contributed by atoms with Crippen molar-refractivity contribution < 1.29 is 28.6 Å². The quantitative estimate of drug-likeness (QED) is 0.601. The van der Waals surface area contributed by atoms with E-state index in [1.54, 1.807) is 21.7 Å². The third-order valence-corrected chi connectivity index (χ3v) is 7.77. The number of piperazine rings is 1. The number of nitrogens with zero attached hydrogens (tertiary/aromatic N) is 5. The number of aliphatic hydroxyl groups is 1. The van der Waals surface area contributed by atoms with Crippen LogP contribution in [0.5, 0.6) is 5.75 Å². The zero-order valence-electron chi connectivity index (χ0n) is 22.2. The minimum absolute atomic E-state index is 0.0505. The predicted octanol–water partition coefficient (Wildman–Crippen LogP) is 2.25. The molecule has 5 rings (SSSR count). The van der Waals surface area contributed by atoms with Crippen LogP contribution in [0.1, 0.15) is 45.6 Å². The van der Waals surface area contributed by atoms with E-state index in [-0.39, 0.29) is 47.6 Å². The predicted molar refractivity (Wildman–Crippen MR) is 136 cm³/mol. The standard InChI is InChI=1S/C27H34FN5O5/c1-15(2)31-13-16(3)33-22-20(24(34)23(33)27(31)37)25(35)32-14-17-8-9-18(28)12-19(17)38-11-7-5-6-10-30(4)26(36)21(22)29-32/h8-9,12,15-16,20,22,34H,5-7,10-11,13-14H2,1-4H3/t16-,20?,22?/m0/s1. The van der Waals surface area contributed by atoms with Crippen molar-refractivity contribution in [2.24, 2.45) is 11.0 Å². The van der Waals surface area contributed by atoms with Crippen LogP contribution in [0.15, 0.2) is 34.8 Å². The number of carbonyl (C=O) groups excluding carboxylic acids is 3. The monoisotopic (exact) mass is 527 g/mol. The highest BCUT2D eigenvalue weighted by Crippen LogP contribution is 2.42. The summed E-state index contributed by atoms with van der Waals surface area (Å²) in [4.78, 5) is 46.0. The van der Waals surface area contributed by atoms with Gasteiger partial charge in [-0.2, -0.15) is 5.10 Å². The van der Waals surface area contributed by atoms with Crippen molar-refractivity contribution in [2.75, 3.05) is 26.7 Å². The Morgan fingerprint density at radius 1 is 1.13 bits per heavy atom. The molecule has 3 atom stereocenters. The molecule has 11 heteroatoms. The lowest BCUT2D eigenvalue weighted by Crippen LogP contribution is -2.62.